The molecule has 1 aromatic carbocycles. The zero-order chi connectivity index (χ0) is 19.5. The van der Waals surface area contributed by atoms with Crippen LogP contribution in [0.3, 0.4) is 0 Å². The molecule has 0 radical (unpaired) electrons. The van der Waals surface area contributed by atoms with Gasteiger partial charge in [-0.3, -0.25) is 4.90 Å². The average molecular weight is 400 g/mol. The molecule has 0 saturated carbocycles. The third kappa shape index (κ3) is 4.14. The highest BCUT2D eigenvalue weighted by molar-refractivity contribution is 7.98. The standard InChI is InChI=1S/C20H25N5O2S/c1-13-4-6-15(7-5-13)19-22-18-16(27-19)17(23-20(24-18)28-3)21-12-14(2)25-8-10-26-11-9-25/h4-7,14H,8-12H2,1-3H3,(H,21,23,24). The molecule has 148 valence electrons. The monoisotopic (exact) mass is 399 g/mol. The van der Waals surface area contributed by atoms with Crippen LogP contribution in [0.4, 0.5) is 5.82 Å². The molecule has 0 amide bonds. The summed E-state index contributed by atoms with van der Waals surface area (Å²) in [5, 5.41) is 4.13. The van der Waals surface area contributed by atoms with Crippen LogP contribution in [0.2, 0.25) is 0 Å². The number of aryl methyl sites for hydroxylation is 1. The zero-order valence-corrected chi connectivity index (χ0v) is 17.3. The summed E-state index contributed by atoms with van der Waals surface area (Å²) in [4.78, 5) is 16.2. The maximum absolute atomic E-state index is 6.06. The molecule has 1 aliphatic rings. The van der Waals surface area contributed by atoms with Crippen LogP contribution in [0, 0.1) is 6.92 Å². The predicted molar refractivity (Wildman–Crippen MR) is 112 cm³/mol. The average Bonchev–Trinajstić information content (AvgIpc) is 3.17. The molecule has 0 spiro atoms. The number of aromatic nitrogens is 3. The van der Waals surface area contributed by atoms with Crippen molar-refractivity contribution in [2.45, 2.75) is 25.0 Å². The molecule has 0 aliphatic carbocycles. The minimum atomic E-state index is 0.367. The van der Waals surface area contributed by atoms with Gasteiger partial charge in [-0.1, -0.05) is 29.5 Å². The second-order valence-corrected chi connectivity index (χ2v) is 7.75. The molecule has 1 aliphatic heterocycles. The number of thioether (sulfide) groups is 1. The SMILES string of the molecule is CSc1nc(NCC(C)N2CCOCC2)c2oc(-c3ccc(C)cc3)nc2n1. The Morgan fingerprint density at radius 1 is 1.14 bits per heavy atom. The minimum Gasteiger partial charge on any atom is -0.430 e. The molecular formula is C20H25N5O2S. The largest absolute Gasteiger partial charge is 0.430 e. The van der Waals surface area contributed by atoms with Gasteiger partial charge in [-0.25, -0.2) is 4.98 Å². The van der Waals surface area contributed by atoms with Gasteiger partial charge in [-0.15, -0.1) is 0 Å². The van der Waals surface area contributed by atoms with Crippen molar-refractivity contribution in [3.05, 3.63) is 29.8 Å². The molecule has 1 unspecified atom stereocenters. The van der Waals surface area contributed by atoms with Crippen LogP contribution >= 0.6 is 11.8 Å². The van der Waals surface area contributed by atoms with Gasteiger partial charge in [-0.05, 0) is 32.2 Å². The topological polar surface area (TPSA) is 76.3 Å². The van der Waals surface area contributed by atoms with Crippen LogP contribution in [0.5, 0.6) is 0 Å². The van der Waals surface area contributed by atoms with E-state index in [9.17, 15) is 0 Å². The van der Waals surface area contributed by atoms with Gasteiger partial charge in [0.1, 0.15) is 0 Å². The smallest absolute Gasteiger partial charge is 0.229 e. The quantitative estimate of drug-likeness (QED) is 0.499. The summed E-state index contributed by atoms with van der Waals surface area (Å²) in [6, 6.07) is 8.48. The molecule has 1 saturated heterocycles. The Labute approximate surface area is 168 Å². The van der Waals surface area contributed by atoms with Crippen LogP contribution in [0.1, 0.15) is 12.5 Å². The van der Waals surface area contributed by atoms with Crippen LogP contribution < -0.4 is 5.32 Å². The van der Waals surface area contributed by atoms with Crippen molar-refractivity contribution in [2.75, 3.05) is 44.4 Å². The van der Waals surface area contributed by atoms with E-state index in [4.69, 9.17) is 9.15 Å². The molecule has 3 aromatic rings. The van der Waals surface area contributed by atoms with Crippen molar-refractivity contribution in [3.8, 4) is 11.5 Å². The fourth-order valence-electron chi connectivity index (χ4n) is 3.23. The highest BCUT2D eigenvalue weighted by Gasteiger charge is 2.20. The van der Waals surface area contributed by atoms with E-state index in [1.54, 1.807) is 0 Å². The van der Waals surface area contributed by atoms with Gasteiger partial charge in [-0.2, -0.15) is 9.97 Å². The lowest BCUT2D eigenvalue weighted by Crippen LogP contribution is -2.45. The Morgan fingerprint density at radius 3 is 2.61 bits per heavy atom. The maximum atomic E-state index is 6.06. The fourth-order valence-corrected chi connectivity index (χ4v) is 3.59. The number of rotatable bonds is 6. The molecule has 7 nitrogen and oxygen atoms in total. The van der Waals surface area contributed by atoms with E-state index in [0.29, 0.717) is 34.1 Å². The van der Waals surface area contributed by atoms with Crippen molar-refractivity contribution in [1.29, 1.82) is 0 Å². The molecule has 3 heterocycles. The van der Waals surface area contributed by atoms with E-state index in [1.165, 1.54) is 17.3 Å². The highest BCUT2D eigenvalue weighted by Crippen LogP contribution is 2.29. The summed E-state index contributed by atoms with van der Waals surface area (Å²) in [5.41, 5.74) is 3.31. The summed E-state index contributed by atoms with van der Waals surface area (Å²) in [7, 11) is 0. The van der Waals surface area contributed by atoms with E-state index in [-0.39, 0.29) is 0 Å². The number of oxazole rings is 1. The molecule has 1 atom stereocenters. The van der Waals surface area contributed by atoms with Gasteiger partial charge >= 0.3 is 0 Å². The van der Waals surface area contributed by atoms with Crippen molar-refractivity contribution in [3.63, 3.8) is 0 Å². The lowest BCUT2D eigenvalue weighted by molar-refractivity contribution is 0.0227. The lowest BCUT2D eigenvalue weighted by atomic mass is 10.1. The normalized spacial score (nSPS) is 16.4. The van der Waals surface area contributed by atoms with Crippen molar-refractivity contribution < 1.29 is 9.15 Å². The summed E-state index contributed by atoms with van der Waals surface area (Å²) < 4.78 is 11.5. The van der Waals surface area contributed by atoms with Gasteiger partial charge in [0.25, 0.3) is 0 Å². The van der Waals surface area contributed by atoms with Gasteiger partial charge in [0, 0.05) is 31.2 Å². The first-order valence-electron chi connectivity index (χ1n) is 9.49. The van der Waals surface area contributed by atoms with E-state index in [2.05, 4.69) is 39.0 Å². The summed E-state index contributed by atoms with van der Waals surface area (Å²) in [6.07, 6.45) is 1.96. The van der Waals surface area contributed by atoms with E-state index in [1.807, 2.05) is 30.5 Å². The van der Waals surface area contributed by atoms with Crippen molar-refractivity contribution in [2.24, 2.45) is 0 Å². The first-order valence-corrected chi connectivity index (χ1v) is 10.7. The molecule has 1 N–H and O–H groups in total. The first kappa shape index (κ1) is 19.2. The molecule has 4 rings (SSSR count). The third-order valence-corrected chi connectivity index (χ3v) is 5.50. The number of nitrogens with zero attached hydrogens (tertiary/aromatic N) is 4. The van der Waals surface area contributed by atoms with E-state index < -0.39 is 0 Å². The van der Waals surface area contributed by atoms with Gasteiger partial charge in [0.2, 0.25) is 17.1 Å². The van der Waals surface area contributed by atoms with Crippen molar-refractivity contribution in [1.82, 2.24) is 19.9 Å². The molecular weight excluding hydrogens is 374 g/mol. The Hall–Kier alpha value is -2.16. The predicted octanol–water partition coefficient (Wildman–Crippen LogP) is 3.45. The number of nitrogens with one attached hydrogen (secondary N) is 1. The van der Waals surface area contributed by atoms with Crippen LogP contribution in [0.25, 0.3) is 22.7 Å². The van der Waals surface area contributed by atoms with Crippen molar-refractivity contribution >= 4 is 28.8 Å². The fraction of sp³-hybridized carbons (Fsp3) is 0.450. The number of morpholine rings is 1. The molecule has 1 fully saturated rings. The summed E-state index contributed by atoms with van der Waals surface area (Å²) >= 11 is 1.50. The van der Waals surface area contributed by atoms with Crippen LogP contribution in [0.15, 0.2) is 33.8 Å². The van der Waals surface area contributed by atoms with Gasteiger partial charge in [0.05, 0.1) is 13.2 Å². The molecule has 2 aromatic heterocycles. The maximum Gasteiger partial charge on any atom is 0.229 e. The summed E-state index contributed by atoms with van der Waals surface area (Å²) in [5.74, 6) is 1.26. The third-order valence-electron chi connectivity index (χ3n) is 4.95. The molecule has 0 bridgehead atoms. The van der Waals surface area contributed by atoms with Crippen LogP contribution in [-0.2, 0) is 4.74 Å². The zero-order valence-electron chi connectivity index (χ0n) is 16.4. The Kier molecular flexibility index (Phi) is 5.79. The number of anilines is 1. The minimum absolute atomic E-state index is 0.367. The number of hydrogen-bond acceptors (Lipinski definition) is 8. The Balaban J connectivity index is 1.60. The highest BCUT2D eigenvalue weighted by atomic mass is 32.2. The first-order chi connectivity index (χ1) is 13.6. The van der Waals surface area contributed by atoms with E-state index in [0.717, 1.165) is 38.4 Å². The Bertz CT molecular complexity index is 938. The molecule has 28 heavy (non-hydrogen) atoms. The second-order valence-electron chi connectivity index (χ2n) is 6.97. The number of hydrogen-bond donors (Lipinski definition) is 1. The van der Waals surface area contributed by atoms with Crippen LogP contribution in [-0.4, -0.2) is 65.0 Å². The Morgan fingerprint density at radius 2 is 1.89 bits per heavy atom. The number of ether oxygens (including phenoxy) is 1. The lowest BCUT2D eigenvalue weighted by Gasteiger charge is -2.32. The second kappa shape index (κ2) is 8.46. The van der Waals surface area contributed by atoms with Gasteiger partial charge in [0.15, 0.2) is 11.0 Å². The van der Waals surface area contributed by atoms with Gasteiger partial charge < -0.3 is 14.5 Å². The molecule has 8 heteroatoms. The summed E-state index contributed by atoms with van der Waals surface area (Å²) in [6.45, 7) is 8.53. The number of fused-ring (bicyclic) bond motifs is 1. The number of benzene rings is 1. The van der Waals surface area contributed by atoms with E-state index >= 15 is 0 Å².